The smallest absolute Gasteiger partial charge is 0.304 e. The summed E-state index contributed by atoms with van der Waals surface area (Å²) < 4.78 is 13.4. The fourth-order valence-electron chi connectivity index (χ4n) is 1.78. The molecular weight excluding hydrogens is 265 g/mol. The summed E-state index contributed by atoms with van der Waals surface area (Å²) in [5.74, 6) is -0.989. The highest BCUT2D eigenvalue weighted by molar-refractivity contribution is 5.78. The van der Waals surface area contributed by atoms with Crippen LogP contribution in [0.1, 0.15) is 19.4 Å². The quantitative estimate of drug-likeness (QED) is 0.636. The standard InChI is InChI=1S/C13H18FN3O3/c1-9(2)15-13(18)8-16(3)7-10-4-5-12(17(19)20)11(14)6-10/h4-6,9H,7-8H2,1-3H3,(H,15,18). The van der Waals surface area contributed by atoms with Crippen LogP contribution >= 0.6 is 0 Å². The van der Waals surface area contributed by atoms with Gasteiger partial charge in [0.25, 0.3) is 0 Å². The highest BCUT2D eigenvalue weighted by atomic mass is 19.1. The number of nitrogens with one attached hydrogen (secondary N) is 1. The van der Waals surface area contributed by atoms with E-state index in [9.17, 15) is 19.3 Å². The Bertz CT molecular complexity index is 506. The summed E-state index contributed by atoms with van der Waals surface area (Å²) in [6.07, 6.45) is 0. The van der Waals surface area contributed by atoms with Gasteiger partial charge in [0.15, 0.2) is 0 Å². The van der Waals surface area contributed by atoms with Crippen molar-refractivity contribution in [3.05, 3.63) is 39.7 Å². The van der Waals surface area contributed by atoms with Crippen LogP contribution in [-0.4, -0.2) is 35.4 Å². The average Bonchev–Trinajstić information content (AvgIpc) is 2.26. The second kappa shape index (κ2) is 6.95. The van der Waals surface area contributed by atoms with Crippen molar-refractivity contribution in [2.24, 2.45) is 0 Å². The van der Waals surface area contributed by atoms with Crippen LogP contribution in [0.25, 0.3) is 0 Å². The summed E-state index contributed by atoms with van der Waals surface area (Å²) in [6.45, 7) is 4.24. The van der Waals surface area contributed by atoms with Crippen molar-refractivity contribution in [2.75, 3.05) is 13.6 Å². The van der Waals surface area contributed by atoms with Crippen molar-refractivity contribution >= 4 is 11.6 Å². The van der Waals surface area contributed by atoms with E-state index in [-0.39, 0.29) is 18.5 Å². The highest BCUT2D eigenvalue weighted by Crippen LogP contribution is 2.18. The maximum Gasteiger partial charge on any atom is 0.304 e. The SMILES string of the molecule is CC(C)NC(=O)CN(C)Cc1ccc([N+](=O)[O-])c(F)c1. The first kappa shape index (κ1) is 16.0. The summed E-state index contributed by atoms with van der Waals surface area (Å²) in [6, 6.07) is 3.80. The van der Waals surface area contributed by atoms with E-state index in [1.807, 2.05) is 13.8 Å². The van der Waals surface area contributed by atoms with Gasteiger partial charge >= 0.3 is 5.69 Å². The molecule has 0 heterocycles. The number of hydrogen-bond donors (Lipinski definition) is 1. The lowest BCUT2D eigenvalue weighted by Gasteiger charge is -2.17. The first-order valence-corrected chi connectivity index (χ1v) is 6.20. The number of carbonyl (C=O) groups excluding carboxylic acids is 1. The molecule has 1 aromatic carbocycles. The fourth-order valence-corrected chi connectivity index (χ4v) is 1.78. The zero-order valence-corrected chi connectivity index (χ0v) is 11.7. The minimum Gasteiger partial charge on any atom is -0.353 e. The fraction of sp³-hybridized carbons (Fsp3) is 0.462. The van der Waals surface area contributed by atoms with E-state index in [1.165, 1.54) is 6.07 Å². The minimum atomic E-state index is -0.868. The Labute approximate surface area is 116 Å². The van der Waals surface area contributed by atoms with Crippen LogP contribution in [0.15, 0.2) is 18.2 Å². The van der Waals surface area contributed by atoms with Gasteiger partial charge in [-0.05, 0) is 32.5 Å². The molecule has 110 valence electrons. The van der Waals surface area contributed by atoms with Crippen molar-refractivity contribution < 1.29 is 14.1 Å². The van der Waals surface area contributed by atoms with Gasteiger partial charge in [-0.25, -0.2) is 0 Å². The Morgan fingerprint density at radius 2 is 2.15 bits per heavy atom. The Hall–Kier alpha value is -2.02. The number of carbonyl (C=O) groups is 1. The third-order valence-electron chi connectivity index (χ3n) is 2.52. The number of likely N-dealkylation sites (N-methyl/N-ethyl adjacent to an activating group) is 1. The van der Waals surface area contributed by atoms with Crippen LogP contribution in [0, 0.1) is 15.9 Å². The number of halogens is 1. The van der Waals surface area contributed by atoms with Crippen molar-refractivity contribution in [3.8, 4) is 0 Å². The molecule has 0 saturated carbocycles. The second-order valence-corrected chi connectivity index (χ2v) is 4.94. The number of rotatable bonds is 6. The topological polar surface area (TPSA) is 75.5 Å². The molecule has 1 aromatic rings. The summed E-state index contributed by atoms with van der Waals surface area (Å²) in [4.78, 5) is 23.0. The first-order chi connectivity index (χ1) is 9.29. The molecule has 0 saturated heterocycles. The Balaban J connectivity index is 2.62. The Morgan fingerprint density at radius 3 is 2.65 bits per heavy atom. The lowest BCUT2D eigenvalue weighted by Crippen LogP contribution is -2.38. The number of benzene rings is 1. The third-order valence-corrected chi connectivity index (χ3v) is 2.52. The monoisotopic (exact) mass is 283 g/mol. The van der Waals surface area contributed by atoms with E-state index in [2.05, 4.69) is 5.32 Å². The summed E-state index contributed by atoms with van der Waals surface area (Å²) in [7, 11) is 1.72. The van der Waals surface area contributed by atoms with Gasteiger partial charge in [-0.1, -0.05) is 6.07 Å². The van der Waals surface area contributed by atoms with Gasteiger partial charge in [0.1, 0.15) is 0 Å². The normalized spacial score (nSPS) is 10.9. The number of nitro benzene ring substituents is 1. The molecule has 0 spiro atoms. The molecule has 0 fully saturated rings. The van der Waals surface area contributed by atoms with Crippen LogP contribution < -0.4 is 5.32 Å². The average molecular weight is 283 g/mol. The molecule has 0 bridgehead atoms. The zero-order chi connectivity index (χ0) is 15.3. The van der Waals surface area contributed by atoms with Crippen molar-refractivity contribution in [3.63, 3.8) is 0 Å². The second-order valence-electron chi connectivity index (χ2n) is 4.94. The number of amides is 1. The van der Waals surface area contributed by atoms with Crippen molar-refractivity contribution in [2.45, 2.75) is 26.4 Å². The van der Waals surface area contributed by atoms with Crippen LogP contribution in [0.5, 0.6) is 0 Å². The summed E-state index contributed by atoms with van der Waals surface area (Å²) in [5.41, 5.74) is 0.0295. The molecule has 7 heteroatoms. The van der Waals surface area contributed by atoms with E-state index in [1.54, 1.807) is 11.9 Å². The summed E-state index contributed by atoms with van der Waals surface area (Å²) >= 11 is 0. The molecule has 1 N–H and O–H groups in total. The minimum absolute atomic E-state index is 0.0627. The van der Waals surface area contributed by atoms with E-state index in [0.29, 0.717) is 12.1 Å². The maximum atomic E-state index is 13.4. The Morgan fingerprint density at radius 1 is 1.50 bits per heavy atom. The highest BCUT2D eigenvalue weighted by Gasteiger charge is 2.15. The molecule has 0 aromatic heterocycles. The van der Waals surface area contributed by atoms with Crippen molar-refractivity contribution in [1.29, 1.82) is 0 Å². The van der Waals surface area contributed by atoms with Gasteiger partial charge in [-0.2, -0.15) is 4.39 Å². The molecule has 0 unspecified atom stereocenters. The summed E-state index contributed by atoms with van der Waals surface area (Å²) in [5, 5.41) is 13.3. The zero-order valence-electron chi connectivity index (χ0n) is 11.7. The van der Waals surface area contributed by atoms with E-state index < -0.39 is 16.4 Å². The molecule has 0 aliphatic heterocycles. The molecule has 0 atom stereocenters. The number of hydrogen-bond acceptors (Lipinski definition) is 4. The van der Waals surface area contributed by atoms with Crippen LogP contribution in [0.4, 0.5) is 10.1 Å². The van der Waals surface area contributed by atoms with Gasteiger partial charge in [0.2, 0.25) is 11.7 Å². The molecular formula is C13H18FN3O3. The van der Waals surface area contributed by atoms with Gasteiger partial charge in [-0.15, -0.1) is 0 Å². The number of nitro groups is 1. The third kappa shape index (κ3) is 4.93. The van der Waals surface area contributed by atoms with Gasteiger partial charge in [0.05, 0.1) is 11.5 Å². The van der Waals surface area contributed by atoms with E-state index >= 15 is 0 Å². The largest absolute Gasteiger partial charge is 0.353 e. The lowest BCUT2D eigenvalue weighted by atomic mass is 10.2. The molecule has 6 nitrogen and oxygen atoms in total. The molecule has 0 aliphatic rings. The van der Waals surface area contributed by atoms with Crippen molar-refractivity contribution in [1.82, 2.24) is 10.2 Å². The lowest BCUT2D eigenvalue weighted by molar-refractivity contribution is -0.387. The predicted octanol–water partition coefficient (Wildman–Crippen LogP) is 1.69. The first-order valence-electron chi connectivity index (χ1n) is 6.20. The van der Waals surface area contributed by atoms with Gasteiger partial charge in [0, 0.05) is 18.7 Å². The van der Waals surface area contributed by atoms with E-state index in [0.717, 1.165) is 12.1 Å². The van der Waals surface area contributed by atoms with Crippen LogP contribution in [0.2, 0.25) is 0 Å². The predicted molar refractivity (Wildman–Crippen MR) is 72.7 cm³/mol. The molecule has 0 radical (unpaired) electrons. The molecule has 1 amide bonds. The van der Waals surface area contributed by atoms with E-state index in [4.69, 9.17) is 0 Å². The molecule has 1 rings (SSSR count). The Kier molecular flexibility index (Phi) is 5.57. The van der Waals surface area contributed by atoms with Gasteiger partial charge in [-0.3, -0.25) is 19.8 Å². The molecule has 0 aliphatic carbocycles. The van der Waals surface area contributed by atoms with Gasteiger partial charge < -0.3 is 5.32 Å². The molecule has 20 heavy (non-hydrogen) atoms. The number of nitrogens with zero attached hydrogens (tertiary/aromatic N) is 2. The van der Waals surface area contributed by atoms with Crippen LogP contribution in [0.3, 0.4) is 0 Å². The maximum absolute atomic E-state index is 13.4. The van der Waals surface area contributed by atoms with Crippen LogP contribution in [-0.2, 0) is 11.3 Å².